The quantitative estimate of drug-likeness (QED) is 0.447. The highest BCUT2D eigenvalue weighted by atomic mass is 16.5. The minimum absolute atomic E-state index is 0.0896. The lowest BCUT2D eigenvalue weighted by Crippen LogP contribution is -2.57. The molecule has 1 aliphatic carbocycles. The normalized spacial score (nSPS) is 34.5. The topological polar surface area (TPSA) is 100 Å². The molecule has 4 fully saturated rings. The molecule has 3 amide bonds. The van der Waals surface area contributed by atoms with Gasteiger partial charge >= 0.3 is 0 Å². The summed E-state index contributed by atoms with van der Waals surface area (Å²) in [7, 11) is 1.58. The second-order valence-corrected chi connectivity index (χ2v) is 12.6. The van der Waals surface area contributed by atoms with Crippen molar-refractivity contribution in [3.05, 3.63) is 36.4 Å². The van der Waals surface area contributed by atoms with E-state index in [1.807, 2.05) is 24.3 Å². The second-order valence-electron chi connectivity index (χ2n) is 12.6. The number of hydrogen-bond donors (Lipinski definition) is 2. The van der Waals surface area contributed by atoms with E-state index in [2.05, 4.69) is 22.5 Å². The van der Waals surface area contributed by atoms with Gasteiger partial charge in [0.1, 0.15) is 17.4 Å². The molecule has 0 radical (unpaired) electrons. The number of methoxy groups -OCH3 is 1. The number of nitrogens with one attached hydrogen (secondary N) is 2. The Kier molecular flexibility index (Phi) is 8.10. The SMILES string of the molecule is COc1cccc(NC(=O)C2C3C=CC4(O3)C2C(=O)N(CCCN2CCCCC2)C4C(=O)NC2CCCCC2C)c1. The molecular formula is C32H44N4O5. The summed E-state index contributed by atoms with van der Waals surface area (Å²) in [6.45, 7) is 5.73. The van der Waals surface area contributed by atoms with Crippen LogP contribution in [0.2, 0.25) is 0 Å². The van der Waals surface area contributed by atoms with Crippen LogP contribution in [0.4, 0.5) is 5.69 Å². The van der Waals surface area contributed by atoms with Crippen LogP contribution in [0.15, 0.2) is 36.4 Å². The van der Waals surface area contributed by atoms with Gasteiger partial charge in [0.2, 0.25) is 17.7 Å². The Hall–Kier alpha value is -2.91. The van der Waals surface area contributed by atoms with Gasteiger partial charge in [-0.05, 0) is 69.8 Å². The van der Waals surface area contributed by atoms with E-state index in [4.69, 9.17) is 9.47 Å². The molecule has 7 atom stereocenters. The maximum atomic E-state index is 14.2. The van der Waals surface area contributed by atoms with Gasteiger partial charge in [-0.2, -0.15) is 0 Å². The molecule has 4 heterocycles. The minimum atomic E-state index is -1.13. The average Bonchev–Trinajstić information content (AvgIpc) is 3.62. The lowest BCUT2D eigenvalue weighted by molar-refractivity contribution is -0.141. The number of nitrogens with zero attached hydrogens (tertiary/aromatic N) is 2. The van der Waals surface area contributed by atoms with E-state index in [0.717, 1.165) is 45.3 Å². The molecule has 4 aliphatic heterocycles. The number of rotatable bonds is 9. The highest BCUT2D eigenvalue weighted by molar-refractivity contribution is 6.02. The molecule has 1 spiro atoms. The Labute approximate surface area is 243 Å². The van der Waals surface area contributed by atoms with Crippen molar-refractivity contribution in [3.63, 3.8) is 0 Å². The summed E-state index contributed by atoms with van der Waals surface area (Å²) in [5, 5.41) is 6.30. The lowest BCUT2D eigenvalue weighted by Gasteiger charge is -2.36. The van der Waals surface area contributed by atoms with Crippen LogP contribution in [0, 0.1) is 17.8 Å². The summed E-state index contributed by atoms with van der Waals surface area (Å²) in [4.78, 5) is 46.2. The summed E-state index contributed by atoms with van der Waals surface area (Å²) >= 11 is 0. The largest absolute Gasteiger partial charge is 0.497 e. The molecule has 9 heteroatoms. The summed E-state index contributed by atoms with van der Waals surface area (Å²) in [6.07, 6.45) is 12.0. The summed E-state index contributed by atoms with van der Waals surface area (Å²) in [5.41, 5.74) is -0.537. The molecule has 9 nitrogen and oxygen atoms in total. The maximum Gasteiger partial charge on any atom is 0.246 e. The molecule has 1 aromatic carbocycles. The smallest absolute Gasteiger partial charge is 0.246 e. The number of likely N-dealkylation sites (tertiary alicyclic amines) is 2. The Morgan fingerprint density at radius 2 is 1.88 bits per heavy atom. The van der Waals surface area contributed by atoms with Gasteiger partial charge in [-0.3, -0.25) is 14.4 Å². The van der Waals surface area contributed by atoms with Gasteiger partial charge < -0.3 is 29.9 Å². The van der Waals surface area contributed by atoms with Crippen molar-refractivity contribution < 1.29 is 23.9 Å². The summed E-state index contributed by atoms with van der Waals surface area (Å²) < 4.78 is 11.8. The van der Waals surface area contributed by atoms with E-state index >= 15 is 0 Å². The van der Waals surface area contributed by atoms with Crippen LogP contribution in [0.25, 0.3) is 0 Å². The van der Waals surface area contributed by atoms with Crippen LogP contribution in [-0.2, 0) is 19.1 Å². The number of benzene rings is 1. The van der Waals surface area contributed by atoms with E-state index < -0.39 is 29.6 Å². The molecule has 5 aliphatic rings. The minimum Gasteiger partial charge on any atom is -0.497 e. The van der Waals surface area contributed by atoms with Gasteiger partial charge in [-0.25, -0.2) is 0 Å². The van der Waals surface area contributed by atoms with Crippen LogP contribution >= 0.6 is 0 Å². The first-order valence-corrected chi connectivity index (χ1v) is 15.6. The average molecular weight is 565 g/mol. The zero-order valence-corrected chi connectivity index (χ0v) is 24.3. The van der Waals surface area contributed by atoms with Gasteiger partial charge in [-0.15, -0.1) is 0 Å². The number of carbonyl (C=O) groups excluding carboxylic acids is 3. The Morgan fingerprint density at radius 3 is 2.66 bits per heavy atom. The molecule has 1 saturated carbocycles. The van der Waals surface area contributed by atoms with Gasteiger partial charge in [-0.1, -0.05) is 44.4 Å². The van der Waals surface area contributed by atoms with E-state index in [0.29, 0.717) is 23.9 Å². The lowest BCUT2D eigenvalue weighted by atomic mass is 9.74. The molecule has 0 aromatic heterocycles. The van der Waals surface area contributed by atoms with Crippen molar-refractivity contribution in [3.8, 4) is 5.75 Å². The molecule has 1 aromatic rings. The van der Waals surface area contributed by atoms with E-state index in [1.165, 1.54) is 25.7 Å². The monoisotopic (exact) mass is 564 g/mol. The maximum absolute atomic E-state index is 14.2. The summed E-state index contributed by atoms with van der Waals surface area (Å²) in [6, 6.07) is 6.48. The predicted octanol–water partition coefficient (Wildman–Crippen LogP) is 3.36. The fourth-order valence-corrected chi connectivity index (χ4v) is 7.87. The zero-order valence-electron chi connectivity index (χ0n) is 24.3. The third-order valence-electron chi connectivity index (χ3n) is 10.0. The molecule has 6 rings (SSSR count). The van der Waals surface area contributed by atoms with Gasteiger partial charge in [0.05, 0.1) is 25.0 Å². The van der Waals surface area contributed by atoms with Crippen LogP contribution < -0.4 is 15.4 Å². The summed E-state index contributed by atoms with van der Waals surface area (Å²) in [5.74, 6) is -1.01. The zero-order chi connectivity index (χ0) is 28.6. The van der Waals surface area contributed by atoms with Crippen LogP contribution in [0.3, 0.4) is 0 Å². The van der Waals surface area contributed by atoms with Crippen molar-refractivity contribution >= 4 is 23.4 Å². The number of carbonyl (C=O) groups is 3. The highest BCUT2D eigenvalue weighted by Crippen LogP contribution is 2.55. The number of fused-ring (bicyclic) bond motifs is 1. The van der Waals surface area contributed by atoms with Gasteiger partial charge in [0.15, 0.2) is 0 Å². The van der Waals surface area contributed by atoms with E-state index in [1.54, 1.807) is 24.1 Å². The van der Waals surface area contributed by atoms with Crippen molar-refractivity contribution in [1.82, 2.24) is 15.1 Å². The fourth-order valence-electron chi connectivity index (χ4n) is 7.87. The van der Waals surface area contributed by atoms with Crippen molar-refractivity contribution in [2.75, 3.05) is 38.6 Å². The molecule has 2 N–H and O–H groups in total. The van der Waals surface area contributed by atoms with E-state index in [-0.39, 0.29) is 23.8 Å². The molecule has 41 heavy (non-hydrogen) atoms. The Balaban J connectivity index is 1.24. The van der Waals surface area contributed by atoms with Crippen molar-refractivity contribution in [2.24, 2.45) is 17.8 Å². The number of anilines is 1. The molecule has 3 saturated heterocycles. The number of amides is 3. The fraction of sp³-hybridized carbons (Fsp3) is 0.656. The number of piperidine rings is 1. The van der Waals surface area contributed by atoms with Crippen molar-refractivity contribution in [2.45, 2.75) is 82.1 Å². The van der Waals surface area contributed by atoms with Crippen molar-refractivity contribution in [1.29, 1.82) is 0 Å². The Morgan fingerprint density at radius 1 is 1.07 bits per heavy atom. The van der Waals surface area contributed by atoms with Gasteiger partial charge in [0, 0.05) is 24.3 Å². The second kappa shape index (κ2) is 11.8. The number of ether oxygens (including phenoxy) is 2. The third-order valence-corrected chi connectivity index (χ3v) is 10.0. The molecule has 2 bridgehead atoms. The molecular weight excluding hydrogens is 520 g/mol. The van der Waals surface area contributed by atoms with Crippen LogP contribution in [-0.4, -0.2) is 84.6 Å². The van der Waals surface area contributed by atoms with Crippen LogP contribution in [0.5, 0.6) is 5.75 Å². The molecule has 7 unspecified atom stereocenters. The Bertz CT molecular complexity index is 1180. The first kappa shape index (κ1) is 28.2. The van der Waals surface area contributed by atoms with Crippen LogP contribution in [0.1, 0.15) is 58.3 Å². The highest BCUT2D eigenvalue weighted by Gasteiger charge is 2.72. The standard InChI is InChI=1S/C32H44N4O5/c1-21-10-4-5-13-24(21)34-30(38)28-32-15-14-25(41-32)26(29(37)33-22-11-8-12-23(20-22)40-2)27(32)31(39)36(28)19-9-18-35-16-6-3-7-17-35/h8,11-12,14-15,20-21,24-28H,3-7,9-10,13,16-19H2,1-2H3,(H,33,37)(H,34,38). The number of hydrogen-bond acceptors (Lipinski definition) is 6. The molecule has 222 valence electrons. The third kappa shape index (κ3) is 5.27. The first-order chi connectivity index (χ1) is 19.9. The first-order valence-electron chi connectivity index (χ1n) is 15.6. The van der Waals surface area contributed by atoms with E-state index in [9.17, 15) is 14.4 Å². The predicted molar refractivity (Wildman–Crippen MR) is 155 cm³/mol. The van der Waals surface area contributed by atoms with Gasteiger partial charge in [0.25, 0.3) is 0 Å².